The Hall–Kier alpha value is -3.01. The van der Waals surface area contributed by atoms with Crippen molar-refractivity contribution in [2.45, 2.75) is 18.4 Å². The predicted molar refractivity (Wildman–Crippen MR) is 116 cm³/mol. The van der Waals surface area contributed by atoms with Crippen LogP contribution in [0.3, 0.4) is 0 Å². The van der Waals surface area contributed by atoms with Crippen LogP contribution in [0.15, 0.2) is 58.3 Å². The van der Waals surface area contributed by atoms with E-state index < -0.39 is 28.4 Å². The third kappa shape index (κ3) is 5.07. The maximum atomic E-state index is 13.3. The van der Waals surface area contributed by atoms with Gasteiger partial charge < -0.3 is 18.9 Å². The molecule has 0 N–H and O–H groups in total. The summed E-state index contributed by atoms with van der Waals surface area (Å²) in [4.78, 5) is 24.6. The molecule has 0 aliphatic carbocycles. The SMILES string of the molecule is CCOC(=O)OCC1=C(c2ccc(COCCOC)cc2)C(=O)c2ccccc2S1(=O)=O. The Bertz CT molecular complexity index is 1120. The molecule has 3 rings (SSSR count). The van der Waals surface area contributed by atoms with Gasteiger partial charge in [0.1, 0.15) is 6.61 Å². The molecule has 170 valence electrons. The van der Waals surface area contributed by atoms with E-state index in [0.717, 1.165) is 5.56 Å². The third-order valence-electron chi connectivity index (χ3n) is 4.78. The van der Waals surface area contributed by atoms with Crippen LogP contribution in [-0.2, 0) is 35.4 Å². The van der Waals surface area contributed by atoms with Gasteiger partial charge in [0.05, 0.1) is 36.2 Å². The zero-order chi connectivity index (χ0) is 23.1. The number of benzene rings is 2. The van der Waals surface area contributed by atoms with Gasteiger partial charge in [-0.3, -0.25) is 4.79 Å². The fourth-order valence-electron chi connectivity index (χ4n) is 3.24. The molecule has 32 heavy (non-hydrogen) atoms. The van der Waals surface area contributed by atoms with E-state index in [1.54, 1.807) is 44.4 Å². The molecule has 0 atom stereocenters. The molecule has 0 saturated heterocycles. The summed E-state index contributed by atoms with van der Waals surface area (Å²) >= 11 is 0. The van der Waals surface area contributed by atoms with Crippen molar-refractivity contribution >= 4 is 27.3 Å². The molecule has 0 amide bonds. The molecule has 2 aromatic rings. The van der Waals surface area contributed by atoms with E-state index in [1.165, 1.54) is 18.2 Å². The van der Waals surface area contributed by atoms with Gasteiger partial charge in [0.15, 0.2) is 5.78 Å². The third-order valence-corrected chi connectivity index (χ3v) is 6.68. The molecule has 0 fully saturated rings. The number of hydrogen-bond donors (Lipinski definition) is 0. The van der Waals surface area contributed by atoms with Gasteiger partial charge in [-0.25, -0.2) is 13.2 Å². The standard InChI is InChI=1S/C23H24O8S/c1-3-30-23(25)31-15-20-21(17-10-8-16(9-11-17)14-29-13-12-28-2)22(24)18-6-4-5-7-19(18)32(20,26)27/h4-11H,3,12-15H2,1-2H3. The lowest BCUT2D eigenvalue weighted by molar-refractivity contribution is 0.0616. The highest BCUT2D eigenvalue weighted by Gasteiger charge is 2.38. The number of ether oxygens (including phenoxy) is 4. The molecule has 0 radical (unpaired) electrons. The van der Waals surface area contributed by atoms with Crippen molar-refractivity contribution in [3.05, 3.63) is 70.1 Å². The Balaban J connectivity index is 1.99. The first-order valence-electron chi connectivity index (χ1n) is 9.97. The minimum Gasteiger partial charge on any atom is -0.435 e. The molecule has 0 saturated carbocycles. The topological polar surface area (TPSA) is 105 Å². The lowest BCUT2D eigenvalue weighted by Crippen LogP contribution is -2.25. The highest BCUT2D eigenvalue weighted by atomic mass is 32.2. The first kappa shape index (κ1) is 23.6. The monoisotopic (exact) mass is 460 g/mol. The molecule has 1 aliphatic rings. The lowest BCUT2D eigenvalue weighted by Gasteiger charge is -2.22. The summed E-state index contributed by atoms with van der Waals surface area (Å²) in [5.74, 6) is -0.457. The van der Waals surface area contributed by atoms with Crippen molar-refractivity contribution in [3.8, 4) is 0 Å². The molecular formula is C23H24O8S. The lowest BCUT2D eigenvalue weighted by atomic mass is 9.95. The average Bonchev–Trinajstić information content (AvgIpc) is 2.79. The summed E-state index contributed by atoms with van der Waals surface area (Å²) in [6.07, 6.45) is -1.01. The average molecular weight is 461 g/mol. The van der Waals surface area contributed by atoms with Crippen LogP contribution in [-0.4, -0.2) is 53.9 Å². The van der Waals surface area contributed by atoms with Gasteiger partial charge in [-0.2, -0.15) is 0 Å². The smallest absolute Gasteiger partial charge is 0.435 e. The van der Waals surface area contributed by atoms with Crippen LogP contribution in [0, 0.1) is 0 Å². The minimum absolute atomic E-state index is 0.0279. The number of ketones is 1. The number of fused-ring (bicyclic) bond motifs is 1. The number of allylic oxidation sites excluding steroid dienone is 1. The van der Waals surface area contributed by atoms with Crippen LogP contribution in [0.2, 0.25) is 0 Å². The van der Waals surface area contributed by atoms with E-state index in [0.29, 0.717) is 25.4 Å². The van der Waals surface area contributed by atoms with Crippen molar-refractivity contribution in [1.82, 2.24) is 0 Å². The summed E-state index contributed by atoms with van der Waals surface area (Å²) in [7, 11) is -2.48. The molecule has 0 aromatic heterocycles. The van der Waals surface area contributed by atoms with Gasteiger partial charge in [0, 0.05) is 18.2 Å². The normalized spacial score (nSPS) is 14.8. The maximum absolute atomic E-state index is 13.3. The Kier molecular flexibility index (Phi) is 7.79. The molecular weight excluding hydrogens is 436 g/mol. The van der Waals surface area contributed by atoms with Gasteiger partial charge >= 0.3 is 6.16 Å². The van der Waals surface area contributed by atoms with Crippen molar-refractivity contribution in [2.75, 3.05) is 33.5 Å². The molecule has 2 aromatic carbocycles. The highest BCUT2D eigenvalue weighted by molar-refractivity contribution is 7.95. The van der Waals surface area contributed by atoms with Crippen molar-refractivity contribution < 1.29 is 37.0 Å². The van der Waals surface area contributed by atoms with Crippen LogP contribution >= 0.6 is 0 Å². The van der Waals surface area contributed by atoms with E-state index in [9.17, 15) is 18.0 Å². The summed E-state index contributed by atoms with van der Waals surface area (Å²) in [5, 5.41) is 0. The molecule has 1 heterocycles. The van der Waals surface area contributed by atoms with Crippen molar-refractivity contribution in [2.24, 2.45) is 0 Å². The molecule has 8 nitrogen and oxygen atoms in total. The number of carbonyl (C=O) groups is 2. The summed E-state index contributed by atoms with van der Waals surface area (Å²) in [5.41, 5.74) is 1.30. The quantitative estimate of drug-likeness (QED) is 0.414. The number of methoxy groups -OCH3 is 1. The van der Waals surface area contributed by atoms with E-state index >= 15 is 0 Å². The van der Waals surface area contributed by atoms with Crippen LogP contribution in [0.5, 0.6) is 0 Å². The fourth-order valence-corrected chi connectivity index (χ4v) is 4.91. The Morgan fingerprint density at radius 2 is 1.66 bits per heavy atom. The number of carbonyl (C=O) groups excluding carboxylic acids is 2. The second kappa shape index (κ2) is 10.5. The van der Waals surface area contributed by atoms with Crippen LogP contribution < -0.4 is 0 Å². The number of Topliss-reactive ketones (excluding diaryl/α,β-unsaturated/α-hetero) is 1. The summed E-state index contributed by atoms with van der Waals surface area (Å²) in [6, 6.07) is 12.8. The van der Waals surface area contributed by atoms with E-state index in [4.69, 9.17) is 18.9 Å². The Morgan fingerprint density at radius 1 is 0.938 bits per heavy atom. The molecule has 0 unspecified atom stereocenters. The van der Waals surface area contributed by atoms with Crippen LogP contribution in [0.1, 0.15) is 28.4 Å². The maximum Gasteiger partial charge on any atom is 0.508 e. The Labute approximate surface area is 186 Å². The van der Waals surface area contributed by atoms with Crippen molar-refractivity contribution in [3.63, 3.8) is 0 Å². The molecule has 0 bridgehead atoms. The number of sulfone groups is 1. The van der Waals surface area contributed by atoms with E-state index in [1.807, 2.05) is 0 Å². The largest absolute Gasteiger partial charge is 0.508 e. The van der Waals surface area contributed by atoms with Crippen LogP contribution in [0.25, 0.3) is 5.57 Å². The molecule has 0 spiro atoms. The zero-order valence-electron chi connectivity index (χ0n) is 17.8. The molecule has 9 heteroatoms. The number of rotatable bonds is 9. The first-order chi connectivity index (χ1) is 15.4. The van der Waals surface area contributed by atoms with Gasteiger partial charge in [-0.1, -0.05) is 36.4 Å². The van der Waals surface area contributed by atoms with Crippen LogP contribution in [0.4, 0.5) is 4.79 Å². The summed E-state index contributed by atoms with van der Waals surface area (Å²) < 4.78 is 46.7. The summed E-state index contributed by atoms with van der Waals surface area (Å²) in [6.45, 7) is 2.32. The van der Waals surface area contributed by atoms with Crippen molar-refractivity contribution in [1.29, 1.82) is 0 Å². The predicted octanol–water partition coefficient (Wildman–Crippen LogP) is 3.40. The first-order valence-corrected chi connectivity index (χ1v) is 11.5. The van der Waals surface area contributed by atoms with Gasteiger partial charge in [0.2, 0.25) is 9.84 Å². The second-order valence-electron chi connectivity index (χ2n) is 6.84. The zero-order valence-corrected chi connectivity index (χ0v) is 18.6. The number of hydrogen-bond acceptors (Lipinski definition) is 8. The van der Waals surface area contributed by atoms with Gasteiger partial charge in [-0.05, 0) is 30.2 Å². The van der Waals surface area contributed by atoms with Gasteiger partial charge in [0.25, 0.3) is 0 Å². The van der Waals surface area contributed by atoms with Gasteiger partial charge in [-0.15, -0.1) is 0 Å². The Morgan fingerprint density at radius 3 is 2.34 bits per heavy atom. The van der Waals surface area contributed by atoms with E-state index in [-0.39, 0.29) is 27.5 Å². The second-order valence-corrected chi connectivity index (χ2v) is 8.78. The minimum atomic E-state index is -4.07. The van der Waals surface area contributed by atoms with E-state index in [2.05, 4.69) is 0 Å². The highest BCUT2D eigenvalue weighted by Crippen LogP contribution is 2.37. The fraction of sp³-hybridized carbons (Fsp3) is 0.304. The molecule has 1 aliphatic heterocycles.